The van der Waals surface area contributed by atoms with E-state index in [2.05, 4.69) is 33.0 Å². The second-order valence-corrected chi connectivity index (χ2v) is 6.55. The zero-order valence-corrected chi connectivity index (χ0v) is 12.9. The van der Waals surface area contributed by atoms with E-state index in [0.29, 0.717) is 11.3 Å². The molecule has 0 radical (unpaired) electrons. The van der Waals surface area contributed by atoms with Crippen molar-refractivity contribution in [3.8, 4) is 0 Å². The quantitative estimate of drug-likeness (QED) is 0.785. The van der Waals surface area contributed by atoms with Gasteiger partial charge in [0.05, 0.1) is 0 Å². The van der Waals surface area contributed by atoms with E-state index >= 15 is 0 Å². The number of rotatable bonds is 2. The molecule has 0 aromatic rings. The predicted molar refractivity (Wildman–Crippen MR) is 79.5 cm³/mol. The van der Waals surface area contributed by atoms with Gasteiger partial charge in [0.1, 0.15) is 0 Å². The number of hydrogen-bond acceptors (Lipinski definition) is 1. The van der Waals surface area contributed by atoms with Crippen LogP contribution in [0.5, 0.6) is 0 Å². The van der Waals surface area contributed by atoms with E-state index < -0.39 is 0 Å². The first-order valence-electron chi connectivity index (χ1n) is 7.70. The van der Waals surface area contributed by atoms with E-state index in [-0.39, 0.29) is 13.3 Å². The summed E-state index contributed by atoms with van der Waals surface area (Å²) in [5.41, 5.74) is 0.562. The molecule has 1 unspecified atom stereocenters. The minimum absolute atomic E-state index is 0. The predicted octanol–water partition coefficient (Wildman–Crippen LogP) is 4.25. The maximum absolute atomic E-state index is 11.6. The summed E-state index contributed by atoms with van der Waals surface area (Å²) in [6.45, 7) is 8.77. The third kappa shape index (κ3) is 3.27. The molecule has 2 saturated carbocycles. The van der Waals surface area contributed by atoms with Crippen molar-refractivity contribution in [2.75, 3.05) is 7.05 Å². The molecule has 1 N–H and O–H groups in total. The zero-order chi connectivity index (χ0) is 13.8. The summed E-state index contributed by atoms with van der Waals surface area (Å²) in [6, 6.07) is 0. The van der Waals surface area contributed by atoms with E-state index in [9.17, 15) is 4.79 Å². The highest BCUT2D eigenvalue weighted by atomic mass is 16.1. The Hall–Kier alpha value is -0.530. The van der Waals surface area contributed by atoms with Crippen molar-refractivity contribution in [2.24, 2.45) is 23.2 Å². The maximum Gasteiger partial charge on any atom is 0.222 e. The fourth-order valence-corrected chi connectivity index (χ4v) is 3.85. The normalized spacial score (nSPS) is 35.4. The van der Waals surface area contributed by atoms with Gasteiger partial charge in [0.25, 0.3) is 0 Å². The molecule has 2 rings (SSSR count). The summed E-state index contributed by atoms with van der Waals surface area (Å²) in [5, 5.41) is 2.78. The minimum Gasteiger partial charge on any atom is -0.359 e. The van der Waals surface area contributed by atoms with Crippen LogP contribution in [-0.4, -0.2) is 13.0 Å². The van der Waals surface area contributed by atoms with Gasteiger partial charge in [-0.1, -0.05) is 40.5 Å². The molecular weight excluding hydrogens is 222 g/mol. The molecule has 2 aliphatic rings. The minimum atomic E-state index is 0. The second kappa shape index (κ2) is 6.58. The molecule has 0 spiro atoms. The van der Waals surface area contributed by atoms with E-state index in [1.165, 1.54) is 38.5 Å². The molecule has 0 aromatic carbocycles. The van der Waals surface area contributed by atoms with Crippen LogP contribution in [0.1, 0.15) is 67.6 Å². The third-order valence-electron chi connectivity index (χ3n) is 4.97. The van der Waals surface area contributed by atoms with Gasteiger partial charge in [-0.25, -0.2) is 0 Å². The molecule has 2 nitrogen and oxygen atoms in total. The van der Waals surface area contributed by atoms with Crippen LogP contribution in [0.15, 0.2) is 0 Å². The summed E-state index contributed by atoms with van der Waals surface area (Å²) in [7, 11) is 1.75. The average Bonchev–Trinajstić information content (AvgIpc) is 2.82. The lowest BCUT2D eigenvalue weighted by atomic mass is 9.81. The fourth-order valence-electron chi connectivity index (χ4n) is 3.85. The Morgan fingerprint density at radius 3 is 2.61 bits per heavy atom. The Labute approximate surface area is 114 Å². The molecule has 2 fully saturated rings. The Morgan fingerprint density at radius 1 is 1.50 bits per heavy atom. The first-order chi connectivity index (χ1) is 8.48. The number of fused-ring (bicyclic) bond motifs is 1. The van der Waals surface area contributed by atoms with E-state index in [4.69, 9.17) is 0 Å². The maximum atomic E-state index is 11.6. The summed E-state index contributed by atoms with van der Waals surface area (Å²) in [5.74, 6) is 1.95. The van der Waals surface area contributed by atoms with Gasteiger partial charge >= 0.3 is 0 Å². The van der Waals surface area contributed by atoms with Crippen LogP contribution in [0.4, 0.5) is 0 Å². The second-order valence-electron chi connectivity index (χ2n) is 6.55. The molecule has 0 saturated heterocycles. The van der Waals surface area contributed by atoms with Crippen molar-refractivity contribution < 1.29 is 6.22 Å². The highest BCUT2D eigenvalue weighted by Crippen LogP contribution is 2.57. The molecule has 0 heterocycles. The molecule has 2 aliphatic carbocycles. The lowest BCUT2D eigenvalue weighted by molar-refractivity contribution is -0.125. The van der Waals surface area contributed by atoms with Gasteiger partial charge < -0.3 is 5.32 Å². The molecule has 4 atom stereocenters. The lowest BCUT2D eigenvalue weighted by Crippen LogP contribution is -2.30. The highest BCUT2D eigenvalue weighted by Gasteiger charge is 2.48. The molecule has 0 aliphatic heterocycles. The molecule has 108 valence electrons. The number of nitrogens with one attached hydrogen (secondary N) is 1. The summed E-state index contributed by atoms with van der Waals surface area (Å²) < 4.78 is 0. The van der Waals surface area contributed by atoms with Crippen molar-refractivity contribution in [1.82, 2.24) is 5.32 Å². The smallest absolute Gasteiger partial charge is 0.222 e. The van der Waals surface area contributed by atoms with Gasteiger partial charge in [-0.2, -0.15) is 0 Å². The van der Waals surface area contributed by atoms with Crippen LogP contribution in [0, 0.1) is 23.2 Å². The molecule has 18 heavy (non-hydrogen) atoms. The summed E-state index contributed by atoms with van der Waals surface area (Å²) in [6.07, 6.45) is 7.99. The van der Waals surface area contributed by atoms with Crippen LogP contribution in [0.3, 0.4) is 0 Å². The molecule has 1 amide bonds. The monoisotopic (exact) mass is 255 g/mol. The van der Waals surface area contributed by atoms with Gasteiger partial charge in [-0.3, -0.25) is 4.79 Å². The Balaban J connectivity index is 0.000000742. The Kier molecular flexibility index (Phi) is 5.68. The largest absolute Gasteiger partial charge is 0.359 e. The van der Waals surface area contributed by atoms with E-state index in [0.717, 1.165) is 5.92 Å². The highest BCUT2D eigenvalue weighted by molar-refractivity contribution is 5.78. The first kappa shape index (κ1) is 15.5. The van der Waals surface area contributed by atoms with Gasteiger partial charge in [0.2, 0.25) is 5.91 Å². The van der Waals surface area contributed by atoms with E-state index in [1.54, 1.807) is 7.05 Å². The van der Waals surface area contributed by atoms with Crippen LogP contribution in [0.2, 0.25) is 0 Å². The average molecular weight is 255 g/mol. The van der Waals surface area contributed by atoms with Gasteiger partial charge in [0.15, 0.2) is 0 Å². The van der Waals surface area contributed by atoms with Gasteiger partial charge in [0, 0.05) is 14.4 Å². The number of amides is 1. The van der Waals surface area contributed by atoms with Gasteiger partial charge in [-0.15, -0.1) is 0 Å². The Morgan fingerprint density at radius 2 is 2.11 bits per heavy atom. The van der Waals surface area contributed by atoms with Gasteiger partial charge in [-0.05, 0) is 42.9 Å². The molecule has 2 heteroatoms. The van der Waals surface area contributed by atoms with Crippen molar-refractivity contribution in [3.05, 3.63) is 0 Å². The number of carbonyl (C=O) groups excluding carboxylic acids is 1. The molecular formula is C16H33NO. The Bertz CT molecular complexity index is 282. The number of carbonyl (C=O) groups is 1. The van der Waals surface area contributed by atoms with Crippen molar-refractivity contribution >= 4 is 5.91 Å². The van der Waals surface area contributed by atoms with Crippen molar-refractivity contribution in [1.29, 1.82) is 0 Å². The fraction of sp³-hybridized carbons (Fsp3) is 0.938. The first-order valence-corrected chi connectivity index (χ1v) is 7.70. The molecule has 0 aromatic heterocycles. The van der Waals surface area contributed by atoms with Crippen LogP contribution in [-0.2, 0) is 4.79 Å². The topological polar surface area (TPSA) is 29.1 Å². The van der Waals surface area contributed by atoms with Crippen LogP contribution < -0.4 is 5.32 Å². The van der Waals surface area contributed by atoms with E-state index in [1.807, 2.05) is 0 Å². The lowest BCUT2D eigenvalue weighted by Gasteiger charge is -2.24. The third-order valence-corrected chi connectivity index (χ3v) is 4.97. The van der Waals surface area contributed by atoms with Crippen molar-refractivity contribution in [3.63, 3.8) is 0 Å². The summed E-state index contributed by atoms with van der Waals surface area (Å²) in [4.78, 5) is 11.6. The standard InChI is InChI=1S/C13H23NO.C3H8.H2/c1-9(12(15)14-3)10-7-11-5-4-6-13(11,2)8-10;1-3-2;/h9-11H,4-8H2,1-3H3,(H,14,15);3H2,1-2H3;1H/t9-,10+,11?,13-;;/m0../s1. The SMILES string of the molecule is CCC.CNC(=O)[C@@H](C)[C@@H]1CC2CCC[C@@]2(C)C1.[HH]. The van der Waals surface area contributed by atoms with Crippen LogP contribution >= 0.6 is 0 Å². The molecule has 0 bridgehead atoms. The van der Waals surface area contributed by atoms with Crippen molar-refractivity contribution in [2.45, 2.75) is 66.2 Å². The number of hydrogen-bond donors (Lipinski definition) is 1. The van der Waals surface area contributed by atoms with Crippen LogP contribution in [0.25, 0.3) is 0 Å². The summed E-state index contributed by atoms with van der Waals surface area (Å²) >= 11 is 0. The zero-order valence-electron chi connectivity index (χ0n) is 12.9.